The zero-order chi connectivity index (χ0) is 14.1. The van der Waals surface area contributed by atoms with E-state index in [1.807, 2.05) is 0 Å². The number of halogens is 1. The van der Waals surface area contributed by atoms with Crippen molar-refractivity contribution >= 4 is 0 Å². The van der Waals surface area contributed by atoms with E-state index in [-0.39, 0.29) is 23.0 Å². The van der Waals surface area contributed by atoms with Gasteiger partial charge in [-0.1, -0.05) is 29.4 Å². The number of phenols is 1. The van der Waals surface area contributed by atoms with Crippen molar-refractivity contribution in [3.05, 3.63) is 53.8 Å². The fourth-order valence-corrected chi connectivity index (χ4v) is 1.91. The van der Waals surface area contributed by atoms with Gasteiger partial charge in [-0.2, -0.15) is 4.98 Å². The van der Waals surface area contributed by atoms with Crippen molar-refractivity contribution in [2.45, 2.75) is 6.92 Å². The lowest BCUT2D eigenvalue weighted by Crippen LogP contribution is -1.88. The van der Waals surface area contributed by atoms with Gasteiger partial charge in [-0.25, -0.2) is 4.39 Å². The molecule has 0 radical (unpaired) electrons. The second-order valence-electron chi connectivity index (χ2n) is 4.41. The van der Waals surface area contributed by atoms with E-state index in [1.54, 1.807) is 43.3 Å². The SMILES string of the molecule is Cc1cccc(-c2nc(-c3cccc(O)c3)no2)c1F. The summed E-state index contributed by atoms with van der Waals surface area (Å²) in [6, 6.07) is 11.5. The third-order valence-electron chi connectivity index (χ3n) is 2.95. The van der Waals surface area contributed by atoms with Crippen LogP contribution in [-0.4, -0.2) is 15.2 Å². The Morgan fingerprint density at radius 3 is 2.75 bits per heavy atom. The molecule has 1 heterocycles. The highest BCUT2D eigenvalue weighted by Gasteiger charge is 2.15. The summed E-state index contributed by atoms with van der Waals surface area (Å²) in [5, 5.41) is 13.2. The fourth-order valence-electron chi connectivity index (χ4n) is 1.91. The number of aromatic nitrogens is 2. The van der Waals surface area contributed by atoms with E-state index < -0.39 is 0 Å². The van der Waals surface area contributed by atoms with Crippen LogP contribution in [0.3, 0.4) is 0 Å². The Morgan fingerprint density at radius 2 is 1.95 bits per heavy atom. The molecule has 2 aromatic carbocycles. The molecule has 0 amide bonds. The summed E-state index contributed by atoms with van der Waals surface area (Å²) in [5.74, 6) is 0.149. The van der Waals surface area contributed by atoms with Gasteiger partial charge in [-0.15, -0.1) is 0 Å². The molecule has 20 heavy (non-hydrogen) atoms. The number of benzene rings is 2. The first kappa shape index (κ1) is 12.3. The highest BCUT2D eigenvalue weighted by atomic mass is 19.1. The Kier molecular flexibility index (Phi) is 2.95. The van der Waals surface area contributed by atoms with Crippen molar-refractivity contribution in [3.8, 4) is 28.6 Å². The second-order valence-corrected chi connectivity index (χ2v) is 4.41. The van der Waals surface area contributed by atoms with Gasteiger partial charge in [0, 0.05) is 5.56 Å². The highest BCUT2D eigenvalue weighted by Crippen LogP contribution is 2.26. The third-order valence-corrected chi connectivity index (χ3v) is 2.95. The van der Waals surface area contributed by atoms with Crippen molar-refractivity contribution in [1.29, 1.82) is 0 Å². The molecule has 4 nitrogen and oxygen atoms in total. The van der Waals surface area contributed by atoms with Crippen LogP contribution in [0.1, 0.15) is 5.56 Å². The summed E-state index contributed by atoms with van der Waals surface area (Å²) in [4.78, 5) is 4.16. The van der Waals surface area contributed by atoms with Gasteiger partial charge < -0.3 is 9.63 Å². The molecule has 0 aliphatic heterocycles. The molecule has 5 heteroatoms. The summed E-state index contributed by atoms with van der Waals surface area (Å²) < 4.78 is 19.1. The number of aromatic hydroxyl groups is 1. The molecule has 100 valence electrons. The van der Waals surface area contributed by atoms with Crippen LogP contribution in [0.25, 0.3) is 22.8 Å². The van der Waals surface area contributed by atoms with Crippen LogP contribution in [-0.2, 0) is 0 Å². The Balaban J connectivity index is 2.04. The predicted molar refractivity (Wildman–Crippen MR) is 71.5 cm³/mol. The molecular formula is C15H11FN2O2. The first-order valence-electron chi connectivity index (χ1n) is 6.04. The van der Waals surface area contributed by atoms with Crippen LogP contribution < -0.4 is 0 Å². The standard InChI is InChI=1S/C15H11FN2O2/c1-9-4-2-7-12(13(9)16)15-17-14(18-20-15)10-5-3-6-11(19)8-10/h2-8,19H,1H3. The van der Waals surface area contributed by atoms with Gasteiger partial charge in [0.25, 0.3) is 5.89 Å². The summed E-state index contributed by atoms with van der Waals surface area (Å²) in [6.07, 6.45) is 0. The molecule has 0 unspecified atom stereocenters. The van der Waals surface area contributed by atoms with Gasteiger partial charge >= 0.3 is 0 Å². The minimum Gasteiger partial charge on any atom is -0.508 e. The zero-order valence-corrected chi connectivity index (χ0v) is 10.7. The van der Waals surface area contributed by atoms with Crippen molar-refractivity contribution in [2.24, 2.45) is 0 Å². The topological polar surface area (TPSA) is 59.2 Å². The number of nitrogens with zero attached hydrogens (tertiary/aromatic N) is 2. The minimum absolute atomic E-state index is 0.107. The predicted octanol–water partition coefficient (Wildman–Crippen LogP) is 3.56. The summed E-state index contributed by atoms with van der Waals surface area (Å²) >= 11 is 0. The lowest BCUT2D eigenvalue weighted by Gasteiger charge is -1.99. The van der Waals surface area contributed by atoms with Crippen molar-refractivity contribution in [3.63, 3.8) is 0 Å². The van der Waals surface area contributed by atoms with E-state index in [1.165, 1.54) is 6.07 Å². The van der Waals surface area contributed by atoms with Crippen molar-refractivity contribution in [1.82, 2.24) is 10.1 Å². The van der Waals surface area contributed by atoms with Gasteiger partial charge in [0.15, 0.2) is 0 Å². The first-order valence-corrected chi connectivity index (χ1v) is 6.04. The van der Waals surface area contributed by atoms with Crippen molar-refractivity contribution in [2.75, 3.05) is 0 Å². The monoisotopic (exact) mass is 270 g/mol. The summed E-state index contributed by atoms with van der Waals surface area (Å²) in [6.45, 7) is 1.67. The fraction of sp³-hybridized carbons (Fsp3) is 0.0667. The zero-order valence-electron chi connectivity index (χ0n) is 10.7. The average molecular weight is 270 g/mol. The second kappa shape index (κ2) is 4.77. The lowest BCUT2D eigenvalue weighted by molar-refractivity contribution is 0.429. The summed E-state index contributed by atoms with van der Waals surface area (Å²) in [5.41, 5.74) is 1.39. The molecule has 0 aliphatic carbocycles. The molecule has 0 bridgehead atoms. The van der Waals surface area contributed by atoms with Crippen LogP contribution in [0, 0.1) is 12.7 Å². The number of aryl methyl sites for hydroxylation is 1. The number of hydrogen-bond donors (Lipinski definition) is 1. The van der Waals surface area contributed by atoms with Crippen LogP contribution >= 0.6 is 0 Å². The molecule has 0 aliphatic rings. The quantitative estimate of drug-likeness (QED) is 0.773. The van der Waals surface area contributed by atoms with E-state index in [2.05, 4.69) is 10.1 Å². The number of rotatable bonds is 2. The summed E-state index contributed by atoms with van der Waals surface area (Å²) in [7, 11) is 0. The molecule has 3 rings (SSSR count). The smallest absolute Gasteiger partial charge is 0.261 e. The van der Waals surface area contributed by atoms with Crippen LogP contribution in [0.15, 0.2) is 47.0 Å². The van der Waals surface area contributed by atoms with Crippen LogP contribution in [0.5, 0.6) is 5.75 Å². The van der Waals surface area contributed by atoms with Gasteiger partial charge in [-0.05, 0) is 30.7 Å². The minimum atomic E-state index is -0.376. The van der Waals surface area contributed by atoms with E-state index in [0.29, 0.717) is 17.0 Å². The number of phenolic OH excluding ortho intramolecular Hbond substituents is 1. The number of hydrogen-bond acceptors (Lipinski definition) is 4. The van der Waals surface area contributed by atoms with Gasteiger partial charge in [0.1, 0.15) is 11.6 Å². The normalized spacial score (nSPS) is 10.7. The van der Waals surface area contributed by atoms with E-state index in [0.717, 1.165) is 0 Å². The average Bonchev–Trinajstić information content (AvgIpc) is 2.91. The Morgan fingerprint density at radius 1 is 1.15 bits per heavy atom. The first-order chi connectivity index (χ1) is 9.65. The van der Waals surface area contributed by atoms with E-state index in [4.69, 9.17) is 4.52 Å². The van der Waals surface area contributed by atoms with Crippen LogP contribution in [0.2, 0.25) is 0 Å². The van der Waals surface area contributed by atoms with E-state index >= 15 is 0 Å². The molecule has 0 spiro atoms. The highest BCUT2D eigenvalue weighted by molar-refractivity contribution is 5.61. The van der Waals surface area contributed by atoms with Gasteiger partial charge in [0.05, 0.1) is 5.56 Å². The van der Waals surface area contributed by atoms with Gasteiger partial charge in [-0.3, -0.25) is 0 Å². The Hall–Kier alpha value is -2.69. The van der Waals surface area contributed by atoms with Gasteiger partial charge in [0.2, 0.25) is 5.82 Å². The van der Waals surface area contributed by atoms with Crippen molar-refractivity contribution < 1.29 is 14.0 Å². The molecule has 3 aromatic rings. The Bertz CT molecular complexity index is 768. The largest absolute Gasteiger partial charge is 0.508 e. The molecule has 0 fully saturated rings. The maximum Gasteiger partial charge on any atom is 0.261 e. The molecule has 0 saturated carbocycles. The maximum absolute atomic E-state index is 14.0. The molecule has 0 atom stereocenters. The lowest BCUT2D eigenvalue weighted by atomic mass is 10.1. The van der Waals surface area contributed by atoms with E-state index in [9.17, 15) is 9.50 Å². The Labute approximate surface area is 114 Å². The third kappa shape index (κ3) is 2.14. The maximum atomic E-state index is 14.0. The molecule has 1 N–H and O–H groups in total. The van der Waals surface area contributed by atoms with Crippen LogP contribution in [0.4, 0.5) is 4.39 Å². The molecular weight excluding hydrogens is 259 g/mol. The molecule has 1 aromatic heterocycles. The molecule has 0 saturated heterocycles.